The molecule has 4 rings (SSSR count). The van der Waals surface area contributed by atoms with Crippen LogP contribution in [0.4, 0.5) is 5.69 Å². The number of carbonyl (C=O) groups excluding carboxylic acids is 1. The molecule has 4 aromatic rings. The third-order valence-electron chi connectivity index (χ3n) is 4.20. The molecule has 0 amide bonds. The molecule has 0 saturated carbocycles. The highest BCUT2D eigenvalue weighted by atomic mass is 16.5. The van der Waals surface area contributed by atoms with Gasteiger partial charge in [0.1, 0.15) is 5.75 Å². The van der Waals surface area contributed by atoms with Gasteiger partial charge < -0.3 is 4.74 Å². The smallest absolute Gasteiger partial charge is 0.343 e. The number of nitrogens with zero attached hydrogens (tertiary/aromatic N) is 1. The number of rotatable bonds is 4. The predicted octanol–water partition coefficient (Wildman–Crippen LogP) is 5.81. The molecule has 3 nitrogen and oxygen atoms in total. The van der Waals surface area contributed by atoms with E-state index in [4.69, 9.17) is 4.74 Å². The van der Waals surface area contributed by atoms with E-state index in [1.165, 1.54) is 5.39 Å². The van der Waals surface area contributed by atoms with Crippen molar-refractivity contribution in [2.24, 2.45) is 4.99 Å². The normalized spacial score (nSPS) is 11.0. The molecule has 0 aliphatic heterocycles. The quantitative estimate of drug-likeness (QED) is 0.264. The summed E-state index contributed by atoms with van der Waals surface area (Å²) < 4.78 is 5.38. The maximum atomic E-state index is 12.1. The number of aliphatic imine (C=N–C) groups is 1. The topological polar surface area (TPSA) is 38.7 Å². The number of ether oxygens (including phenoxy) is 1. The molecule has 0 saturated heterocycles. The van der Waals surface area contributed by atoms with E-state index in [2.05, 4.69) is 29.3 Å². The standard InChI is InChI=1S/C24H17NO2/c26-24(20-7-2-1-3-8-20)27-23-14-10-18(11-15-23)17-25-22-13-12-19-6-4-5-9-21(19)16-22/h1-17H. The lowest BCUT2D eigenvalue weighted by Crippen LogP contribution is -2.07. The molecule has 0 radical (unpaired) electrons. The molecule has 0 unspecified atom stereocenters. The minimum absolute atomic E-state index is 0.367. The molecule has 0 aromatic heterocycles. The molecule has 0 fully saturated rings. The van der Waals surface area contributed by atoms with Gasteiger partial charge in [-0.2, -0.15) is 0 Å². The SMILES string of the molecule is O=C(Oc1ccc(C=Nc2ccc3ccccc3c2)cc1)c1ccccc1. The molecule has 4 aromatic carbocycles. The summed E-state index contributed by atoms with van der Waals surface area (Å²) in [5.41, 5.74) is 2.36. The fourth-order valence-corrected chi connectivity index (χ4v) is 2.77. The zero-order valence-corrected chi connectivity index (χ0v) is 14.6. The summed E-state index contributed by atoms with van der Waals surface area (Å²) in [6.45, 7) is 0. The Morgan fingerprint density at radius 2 is 1.44 bits per heavy atom. The van der Waals surface area contributed by atoms with E-state index in [9.17, 15) is 4.79 Å². The van der Waals surface area contributed by atoms with Crippen LogP contribution in [-0.2, 0) is 0 Å². The Hall–Kier alpha value is -3.72. The molecule has 27 heavy (non-hydrogen) atoms. The maximum Gasteiger partial charge on any atom is 0.343 e. The van der Waals surface area contributed by atoms with Crippen molar-refractivity contribution < 1.29 is 9.53 Å². The van der Waals surface area contributed by atoms with Crippen LogP contribution in [0, 0.1) is 0 Å². The van der Waals surface area contributed by atoms with Gasteiger partial charge in [0.15, 0.2) is 0 Å². The van der Waals surface area contributed by atoms with Crippen LogP contribution in [-0.4, -0.2) is 12.2 Å². The van der Waals surface area contributed by atoms with Crippen molar-refractivity contribution in [2.45, 2.75) is 0 Å². The lowest BCUT2D eigenvalue weighted by molar-refractivity contribution is 0.0735. The molecule has 130 valence electrons. The monoisotopic (exact) mass is 351 g/mol. The minimum Gasteiger partial charge on any atom is -0.423 e. The number of benzene rings is 4. The number of hydrogen-bond donors (Lipinski definition) is 0. The van der Waals surface area contributed by atoms with Gasteiger partial charge in [0.2, 0.25) is 0 Å². The summed E-state index contributed by atoms with van der Waals surface area (Å²) in [6, 6.07) is 30.5. The first-order chi connectivity index (χ1) is 13.3. The Kier molecular flexibility index (Phi) is 4.75. The summed E-state index contributed by atoms with van der Waals surface area (Å²) in [4.78, 5) is 16.6. The molecule has 0 aliphatic rings. The molecule has 0 atom stereocenters. The van der Waals surface area contributed by atoms with Gasteiger partial charge in [-0.25, -0.2) is 4.79 Å². The van der Waals surface area contributed by atoms with Crippen LogP contribution in [0.25, 0.3) is 10.8 Å². The third-order valence-corrected chi connectivity index (χ3v) is 4.20. The van der Waals surface area contributed by atoms with E-state index in [-0.39, 0.29) is 5.97 Å². The summed E-state index contributed by atoms with van der Waals surface area (Å²) in [5, 5.41) is 2.36. The second-order valence-electron chi connectivity index (χ2n) is 6.11. The molecule has 0 N–H and O–H groups in total. The van der Waals surface area contributed by atoms with Gasteiger partial charge >= 0.3 is 5.97 Å². The lowest BCUT2D eigenvalue weighted by Gasteiger charge is -2.04. The second-order valence-corrected chi connectivity index (χ2v) is 6.11. The van der Waals surface area contributed by atoms with E-state index >= 15 is 0 Å². The van der Waals surface area contributed by atoms with Crippen molar-refractivity contribution in [1.82, 2.24) is 0 Å². The average molecular weight is 351 g/mol. The van der Waals surface area contributed by atoms with E-state index < -0.39 is 0 Å². The van der Waals surface area contributed by atoms with E-state index in [0.29, 0.717) is 11.3 Å². The van der Waals surface area contributed by atoms with Crippen LogP contribution in [0.2, 0.25) is 0 Å². The van der Waals surface area contributed by atoms with Crippen LogP contribution in [0.15, 0.2) is 102 Å². The average Bonchev–Trinajstić information content (AvgIpc) is 2.74. The Morgan fingerprint density at radius 3 is 2.22 bits per heavy atom. The van der Waals surface area contributed by atoms with Gasteiger partial charge in [-0.15, -0.1) is 0 Å². The summed E-state index contributed by atoms with van der Waals surface area (Å²) >= 11 is 0. The fraction of sp³-hybridized carbons (Fsp3) is 0. The highest BCUT2D eigenvalue weighted by Gasteiger charge is 2.07. The largest absolute Gasteiger partial charge is 0.423 e. The highest BCUT2D eigenvalue weighted by molar-refractivity contribution is 5.91. The van der Waals surface area contributed by atoms with Crippen molar-refractivity contribution in [2.75, 3.05) is 0 Å². The van der Waals surface area contributed by atoms with Gasteiger partial charge in [-0.05, 0) is 64.9 Å². The summed E-state index contributed by atoms with van der Waals surface area (Å²) in [7, 11) is 0. The molecule has 3 heteroatoms. The minimum atomic E-state index is -0.367. The fourth-order valence-electron chi connectivity index (χ4n) is 2.77. The van der Waals surface area contributed by atoms with Crippen LogP contribution in [0.5, 0.6) is 5.75 Å². The number of fused-ring (bicyclic) bond motifs is 1. The molecule has 0 bridgehead atoms. The van der Waals surface area contributed by atoms with Crippen LogP contribution in [0.1, 0.15) is 15.9 Å². The van der Waals surface area contributed by atoms with Crippen molar-refractivity contribution in [3.63, 3.8) is 0 Å². The Balaban J connectivity index is 1.45. The number of esters is 1. The van der Waals surface area contributed by atoms with E-state index in [1.807, 2.05) is 48.5 Å². The zero-order chi connectivity index (χ0) is 18.5. The summed E-state index contributed by atoms with van der Waals surface area (Å²) in [6.07, 6.45) is 1.80. The van der Waals surface area contributed by atoms with Crippen molar-refractivity contribution in [3.8, 4) is 5.75 Å². The van der Waals surface area contributed by atoms with Gasteiger partial charge in [-0.1, -0.05) is 48.5 Å². The van der Waals surface area contributed by atoms with Gasteiger partial charge in [0.05, 0.1) is 11.3 Å². The van der Waals surface area contributed by atoms with Gasteiger partial charge in [-0.3, -0.25) is 4.99 Å². The van der Waals surface area contributed by atoms with E-state index in [1.54, 1.807) is 30.5 Å². The molecular formula is C24H17NO2. The maximum absolute atomic E-state index is 12.1. The lowest BCUT2D eigenvalue weighted by atomic mass is 10.1. The Labute approximate surface area is 157 Å². The Morgan fingerprint density at radius 1 is 0.741 bits per heavy atom. The highest BCUT2D eigenvalue weighted by Crippen LogP contribution is 2.21. The second kappa shape index (κ2) is 7.67. The van der Waals surface area contributed by atoms with Gasteiger partial charge in [0, 0.05) is 6.21 Å². The van der Waals surface area contributed by atoms with Crippen LogP contribution >= 0.6 is 0 Å². The zero-order valence-electron chi connectivity index (χ0n) is 14.6. The molecule has 0 spiro atoms. The molecule has 0 aliphatic carbocycles. The predicted molar refractivity (Wildman–Crippen MR) is 109 cm³/mol. The third kappa shape index (κ3) is 4.10. The van der Waals surface area contributed by atoms with Gasteiger partial charge in [0.25, 0.3) is 0 Å². The first kappa shape index (κ1) is 16.7. The number of carbonyl (C=O) groups is 1. The molecule has 0 heterocycles. The van der Waals surface area contributed by atoms with Crippen LogP contribution < -0.4 is 4.74 Å². The first-order valence-corrected chi connectivity index (χ1v) is 8.68. The first-order valence-electron chi connectivity index (χ1n) is 8.68. The van der Waals surface area contributed by atoms with E-state index in [0.717, 1.165) is 16.6 Å². The summed E-state index contributed by atoms with van der Waals surface area (Å²) in [5.74, 6) is 0.139. The Bertz CT molecular complexity index is 1100. The van der Waals surface area contributed by atoms with Crippen molar-refractivity contribution in [3.05, 3.63) is 108 Å². The van der Waals surface area contributed by atoms with Crippen molar-refractivity contribution >= 4 is 28.6 Å². The van der Waals surface area contributed by atoms with Crippen LogP contribution in [0.3, 0.4) is 0 Å². The number of hydrogen-bond acceptors (Lipinski definition) is 3. The van der Waals surface area contributed by atoms with Crippen molar-refractivity contribution in [1.29, 1.82) is 0 Å². The molecular weight excluding hydrogens is 334 g/mol.